The zero-order valence-electron chi connectivity index (χ0n) is 17.4. The lowest BCUT2D eigenvalue weighted by atomic mass is 10.2. The second kappa shape index (κ2) is 11.1. The predicted molar refractivity (Wildman–Crippen MR) is 128 cm³/mol. The number of morpholine rings is 1. The smallest absolute Gasteiger partial charge is 0.270 e. The van der Waals surface area contributed by atoms with Crippen LogP contribution >= 0.6 is 34.5 Å². The summed E-state index contributed by atoms with van der Waals surface area (Å²) < 4.78 is 11.2. The highest BCUT2D eigenvalue weighted by atomic mass is 35.5. The van der Waals surface area contributed by atoms with Gasteiger partial charge in [0.2, 0.25) is 0 Å². The number of aromatic nitrogens is 1. The molecule has 1 aliphatic heterocycles. The Kier molecular flexibility index (Phi) is 8.00. The molecule has 2 heterocycles. The minimum Gasteiger partial charge on any atom is -0.489 e. The zero-order chi connectivity index (χ0) is 22.3. The maximum absolute atomic E-state index is 12.4. The molecule has 9 heteroatoms. The number of carbonyl (C=O) groups excluding carboxylic acids is 1. The number of benzene rings is 2. The molecule has 0 spiro atoms. The average Bonchev–Trinajstić information content (AvgIpc) is 3.29. The van der Waals surface area contributed by atoms with Crippen molar-refractivity contribution in [1.82, 2.24) is 15.2 Å². The molecule has 1 fully saturated rings. The predicted octanol–water partition coefficient (Wildman–Crippen LogP) is 4.76. The summed E-state index contributed by atoms with van der Waals surface area (Å²) in [6.45, 7) is 5.08. The van der Waals surface area contributed by atoms with Crippen molar-refractivity contribution in [2.24, 2.45) is 0 Å². The van der Waals surface area contributed by atoms with Gasteiger partial charge in [0.1, 0.15) is 23.1 Å². The van der Waals surface area contributed by atoms with Gasteiger partial charge >= 0.3 is 0 Å². The molecule has 0 bridgehead atoms. The third kappa shape index (κ3) is 6.21. The summed E-state index contributed by atoms with van der Waals surface area (Å²) in [4.78, 5) is 19.2. The Labute approximate surface area is 201 Å². The Bertz CT molecular complexity index is 1050. The van der Waals surface area contributed by atoms with E-state index in [9.17, 15) is 4.79 Å². The van der Waals surface area contributed by atoms with Gasteiger partial charge in [-0.2, -0.15) is 0 Å². The maximum atomic E-state index is 12.4. The largest absolute Gasteiger partial charge is 0.489 e. The van der Waals surface area contributed by atoms with E-state index in [0.717, 1.165) is 44.0 Å². The highest BCUT2D eigenvalue weighted by Crippen LogP contribution is 2.33. The highest BCUT2D eigenvalue weighted by molar-refractivity contribution is 7.13. The Morgan fingerprint density at radius 2 is 1.94 bits per heavy atom. The van der Waals surface area contributed by atoms with E-state index in [0.29, 0.717) is 39.6 Å². The fourth-order valence-corrected chi connectivity index (χ4v) is 4.53. The van der Waals surface area contributed by atoms with Crippen molar-refractivity contribution < 1.29 is 14.3 Å². The lowest BCUT2D eigenvalue weighted by Crippen LogP contribution is -2.41. The van der Waals surface area contributed by atoms with E-state index >= 15 is 0 Å². The van der Waals surface area contributed by atoms with Crippen molar-refractivity contribution in [3.63, 3.8) is 0 Å². The van der Waals surface area contributed by atoms with Gasteiger partial charge in [-0.15, -0.1) is 11.3 Å². The number of hydrogen-bond donors (Lipinski definition) is 1. The summed E-state index contributed by atoms with van der Waals surface area (Å²) in [7, 11) is 0. The molecule has 0 aliphatic carbocycles. The van der Waals surface area contributed by atoms with Crippen LogP contribution in [0.15, 0.2) is 47.8 Å². The molecule has 0 saturated carbocycles. The first kappa shape index (κ1) is 23.0. The van der Waals surface area contributed by atoms with Crippen LogP contribution in [-0.4, -0.2) is 55.2 Å². The van der Waals surface area contributed by atoms with Crippen LogP contribution in [0.4, 0.5) is 0 Å². The summed E-state index contributed by atoms with van der Waals surface area (Å²) in [6.07, 6.45) is 0. The molecule has 0 radical (unpaired) electrons. The minimum absolute atomic E-state index is 0.181. The van der Waals surface area contributed by atoms with Gasteiger partial charge in [0, 0.05) is 42.1 Å². The topological polar surface area (TPSA) is 63.7 Å². The van der Waals surface area contributed by atoms with Crippen molar-refractivity contribution in [2.45, 2.75) is 6.61 Å². The van der Waals surface area contributed by atoms with Crippen LogP contribution < -0.4 is 10.1 Å². The first-order valence-electron chi connectivity index (χ1n) is 10.3. The quantitative estimate of drug-likeness (QED) is 0.492. The lowest BCUT2D eigenvalue weighted by Gasteiger charge is -2.26. The molecule has 0 unspecified atom stereocenters. The molecule has 1 aliphatic rings. The molecule has 1 saturated heterocycles. The van der Waals surface area contributed by atoms with Crippen molar-refractivity contribution in [3.8, 4) is 16.3 Å². The summed E-state index contributed by atoms with van der Waals surface area (Å²) in [5.41, 5.74) is 2.17. The Morgan fingerprint density at radius 1 is 1.16 bits per heavy atom. The SMILES string of the molecule is O=C(NCCN1CCOCC1)c1csc(-c2ccc(OCc3ccc(Cl)cc3)cc2Cl)n1. The van der Waals surface area contributed by atoms with Gasteiger partial charge < -0.3 is 14.8 Å². The van der Waals surface area contributed by atoms with E-state index in [1.54, 1.807) is 11.4 Å². The molecule has 0 atom stereocenters. The monoisotopic (exact) mass is 491 g/mol. The first-order valence-corrected chi connectivity index (χ1v) is 11.9. The second-order valence-electron chi connectivity index (χ2n) is 7.30. The van der Waals surface area contributed by atoms with Crippen LogP contribution in [0.2, 0.25) is 10.0 Å². The molecule has 1 amide bonds. The molecule has 168 valence electrons. The zero-order valence-corrected chi connectivity index (χ0v) is 19.7. The number of rotatable bonds is 8. The minimum atomic E-state index is -0.181. The van der Waals surface area contributed by atoms with E-state index < -0.39 is 0 Å². The van der Waals surface area contributed by atoms with E-state index in [-0.39, 0.29) is 5.91 Å². The molecule has 32 heavy (non-hydrogen) atoms. The molecule has 4 rings (SSSR count). The number of thiazole rings is 1. The fourth-order valence-electron chi connectivity index (χ4n) is 3.25. The van der Waals surface area contributed by atoms with E-state index in [1.807, 2.05) is 36.4 Å². The van der Waals surface area contributed by atoms with Gasteiger partial charge in [0.15, 0.2) is 0 Å². The Morgan fingerprint density at radius 3 is 2.69 bits per heavy atom. The summed E-state index contributed by atoms with van der Waals surface area (Å²) in [5, 5.41) is 6.59. The van der Waals surface area contributed by atoms with Crippen molar-refractivity contribution in [1.29, 1.82) is 0 Å². The van der Waals surface area contributed by atoms with Gasteiger partial charge in [-0.3, -0.25) is 9.69 Å². The number of nitrogens with one attached hydrogen (secondary N) is 1. The van der Waals surface area contributed by atoms with Crippen LogP contribution in [0.5, 0.6) is 5.75 Å². The van der Waals surface area contributed by atoms with Crippen LogP contribution in [0.3, 0.4) is 0 Å². The van der Waals surface area contributed by atoms with Gasteiger partial charge in [-0.05, 0) is 35.9 Å². The van der Waals surface area contributed by atoms with Gasteiger partial charge in [-0.1, -0.05) is 35.3 Å². The number of hydrogen-bond acceptors (Lipinski definition) is 6. The van der Waals surface area contributed by atoms with E-state index in [4.69, 9.17) is 32.7 Å². The van der Waals surface area contributed by atoms with Crippen LogP contribution in [0.25, 0.3) is 10.6 Å². The lowest BCUT2D eigenvalue weighted by molar-refractivity contribution is 0.0383. The highest BCUT2D eigenvalue weighted by Gasteiger charge is 2.15. The van der Waals surface area contributed by atoms with Crippen molar-refractivity contribution in [2.75, 3.05) is 39.4 Å². The molecular weight excluding hydrogens is 469 g/mol. The third-order valence-electron chi connectivity index (χ3n) is 5.04. The summed E-state index contributed by atoms with van der Waals surface area (Å²) in [6, 6.07) is 13.0. The standard InChI is InChI=1S/C23H23Cl2N3O3S/c24-17-3-1-16(2-4-17)14-31-18-5-6-19(20(25)13-18)23-27-21(15-32-23)22(29)26-7-8-28-9-11-30-12-10-28/h1-6,13,15H,7-12,14H2,(H,26,29). The number of nitrogens with zero attached hydrogens (tertiary/aromatic N) is 2. The van der Waals surface area contributed by atoms with Gasteiger partial charge in [0.05, 0.1) is 18.2 Å². The van der Waals surface area contributed by atoms with Crippen molar-refractivity contribution in [3.05, 3.63) is 69.1 Å². The Balaban J connectivity index is 1.32. The normalized spacial score (nSPS) is 14.3. The fraction of sp³-hybridized carbons (Fsp3) is 0.304. The first-order chi connectivity index (χ1) is 15.6. The van der Waals surface area contributed by atoms with Gasteiger partial charge in [-0.25, -0.2) is 4.98 Å². The second-order valence-corrected chi connectivity index (χ2v) is 9.01. The van der Waals surface area contributed by atoms with Crippen LogP contribution in [0, 0.1) is 0 Å². The molecule has 1 N–H and O–H groups in total. The third-order valence-corrected chi connectivity index (χ3v) is 6.48. The molecule has 6 nitrogen and oxygen atoms in total. The average molecular weight is 492 g/mol. The van der Waals surface area contributed by atoms with E-state index in [2.05, 4.69) is 15.2 Å². The molecular formula is C23H23Cl2N3O3S. The van der Waals surface area contributed by atoms with Crippen LogP contribution in [-0.2, 0) is 11.3 Å². The maximum Gasteiger partial charge on any atom is 0.270 e. The number of carbonyl (C=O) groups is 1. The summed E-state index contributed by atoms with van der Waals surface area (Å²) >= 11 is 13.8. The van der Waals surface area contributed by atoms with Gasteiger partial charge in [0.25, 0.3) is 5.91 Å². The molecule has 2 aromatic carbocycles. The summed E-state index contributed by atoms with van der Waals surface area (Å²) in [5.74, 6) is 0.478. The number of ether oxygens (including phenoxy) is 2. The molecule has 1 aromatic heterocycles. The molecule has 3 aromatic rings. The Hall–Kier alpha value is -2.16. The van der Waals surface area contributed by atoms with Crippen LogP contribution in [0.1, 0.15) is 16.1 Å². The van der Waals surface area contributed by atoms with E-state index in [1.165, 1.54) is 11.3 Å². The number of halogens is 2. The number of amides is 1. The van der Waals surface area contributed by atoms with Crippen molar-refractivity contribution >= 4 is 40.4 Å².